The van der Waals surface area contributed by atoms with Crippen molar-refractivity contribution in [3.63, 3.8) is 0 Å². The molecule has 2 heterocycles. The van der Waals surface area contributed by atoms with Crippen LogP contribution in [0.25, 0.3) is 0 Å². The van der Waals surface area contributed by atoms with Gasteiger partial charge < -0.3 is 10.2 Å². The lowest BCUT2D eigenvalue weighted by molar-refractivity contribution is 0.184. The van der Waals surface area contributed by atoms with E-state index in [9.17, 15) is 13.2 Å². The van der Waals surface area contributed by atoms with E-state index in [0.29, 0.717) is 18.8 Å². The van der Waals surface area contributed by atoms with Crippen LogP contribution in [-0.4, -0.2) is 54.8 Å². The van der Waals surface area contributed by atoms with Gasteiger partial charge in [0.15, 0.2) is 0 Å². The van der Waals surface area contributed by atoms with E-state index >= 15 is 0 Å². The van der Waals surface area contributed by atoms with Gasteiger partial charge in [0.1, 0.15) is 0 Å². The summed E-state index contributed by atoms with van der Waals surface area (Å²) in [5, 5.41) is 2.78. The van der Waals surface area contributed by atoms with Crippen LogP contribution in [-0.2, 0) is 10.0 Å². The highest BCUT2D eigenvalue weighted by molar-refractivity contribution is 7.89. The lowest BCUT2D eigenvalue weighted by atomic mass is 10.2. The van der Waals surface area contributed by atoms with Crippen molar-refractivity contribution in [3.8, 4) is 0 Å². The lowest BCUT2D eigenvalue weighted by Crippen LogP contribution is -2.51. The van der Waals surface area contributed by atoms with E-state index in [0.717, 1.165) is 5.56 Å². The van der Waals surface area contributed by atoms with E-state index in [1.54, 1.807) is 53.7 Å². The third-order valence-electron chi connectivity index (χ3n) is 4.12. The van der Waals surface area contributed by atoms with Crippen molar-refractivity contribution in [1.29, 1.82) is 0 Å². The molecule has 25 heavy (non-hydrogen) atoms. The number of piperazine rings is 1. The third-order valence-corrected chi connectivity index (χ3v) is 6.03. The predicted octanol–water partition coefficient (Wildman–Crippen LogP) is 1.93. The minimum atomic E-state index is -3.52. The van der Waals surface area contributed by atoms with Crippen LogP contribution >= 0.6 is 0 Å². The summed E-state index contributed by atoms with van der Waals surface area (Å²) in [7, 11) is -3.52. The number of carbonyl (C=O) groups excluding carboxylic acids is 1. The molecule has 0 spiro atoms. The number of sulfonamides is 1. The van der Waals surface area contributed by atoms with E-state index in [1.807, 2.05) is 6.92 Å². The maximum absolute atomic E-state index is 12.7. The summed E-state index contributed by atoms with van der Waals surface area (Å²) in [6.45, 7) is 3.17. The fraction of sp³-hybridized carbons (Fsp3) is 0.294. The number of urea groups is 1. The fourth-order valence-corrected chi connectivity index (χ4v) is 4.05. The van der Waals surface area contributed by atoms with Crippen LogP contribution in [0.3, 0.4) is 0 Å². The zero-order valence-electron chi connectivity index (χ0n) is 13.9. The second kappa shape index (κ2) is 7.20. The van der Waals surface area contributed by atoms with Gasteiger partial charge >= 0.3 is 6.03 Å². The minimum Gasteiger partial charge on any atom is -0.322 e. The molecular formula is C17H20N4O3S. The van der Waals surface area contributed by atoms with Crippen molar-refractivity contribution in [3.05, 3.63) is 54.4 Å². The molecule has 2 amide bonds. The first-order valence-corrected chi connectivity index (χ1v) is 9.43. The highest BCUT2D eigenvalue weighted by atomic mass is 32.2. The van der Waals surface area contributed by atoms with Crippen LogP contribution < -0.4 is 5.32 Å². The monoisotopic (exact) mass is 360 g/mol. The van der Waals surface area contributed by atoms with Gasteiger partial charge in [0.2, 0.25) is 10.0 Å². The second-order valence-electron chi connectivity index (χ2n) is 5.87. The number of rotatable bonds is 3. The Balaban J connectivity index is 1.61. The smallest absolute Gasteiger partial charge is 0.321 e. The fourth-order valence-electron chi connectivity index (χ4n) is 2.63. The molecule has 3 rings (SSSR count). The van der Waals surface area contributed by atoms with Gasteiger partial charge in [-0.1, -0.05) is 17.7 Å². The standard InChI is InChI=1S/C17H20N4O3S/c1-14-2-4-16(5-3-14)25(23,24)21-12-10-20(11-13-21)17(22)19-15-6-8-18-9-7-15/h2-9H,10-13H2,1H3,(H,18,19,22). The Morgan fingerprint density at radius 2 is 1.60 bits per heavy atom. The Kier molecular flexibility index (Phi) is 5.00. The summed E-state index contributed by atoms with van der Waals surface area (Å²) in [6, 6.07) is 9.97. The minimum absolute atomic E-state index is 0.237. The molecule has 1 aliphatic rings. The summed E-state index contributed by atoms with van der Waals surface area (Å²) in [5.74, 6) is 0. The zero-order valence-corrected chi connectivity index (χ0v) is 14.7. The number of aromatic nitrogens is 1. The van der Waals surface area contributed by atoms with Crippen molar-refractivity contribution < 1.29 is 13.2 Å². The molecule has 1 aliphatic heterocycles. The molecule has 7 nitrogen and oxygen atoms in total. The third kappa shape index (κ3) is 3.97. The van der Waals surface area contributed by atoms with Crippen LogP contribution in [0.5, 0.6) is 0 Å². The van der Waals surface area contributed by atoms with Gasteiger partial charge in [-0.2, -0.15) is 4.31 Å². The number of nitrogens with zero attached hydrogens (tertiary/aromatic N) is 3. The second-order valence-corrected chi connectivity index (χ2v) is 7.81. The molecule has 0 aliphatic carbocycles. The summed E-state index contributed by atoms with van der Waals surface area (Å²) in [5.41, 5.74) is 1.67. The quantitative estimate of drug-likeness (QED) is 0.907. The summed E-state index contributed by atoms with van der Waals surface area (Å²) >= 11 is 0. The Hall–Kier alpha value is -2.45. The van der Waals surface area contributed by atoms with E-state index in [-0.39, 0.29) is 24.0 Å². The molecule has 1 N–H and O–H groups in total. The predicted molar refractivity (Wildman–Crippen MR) is 94.8 cm³/mol. The number of nitrogens with one attached hydrogen (secondary N) is 1. The van der Waals surface area contributed by atoms with Gasteiger partial charge in [-0.05, 0) is 31.2 Å². The number of aryl methyl sites for hydroxylation is 1. The molecule has 0 atom stereocenters. The molecule has 1 fully saturated rings. The highest BCUT2D eigenvalue weighted by Crippen LogP contribution is 2.18. The van der Waals surface area contributed by atoms with Gasteiger partial charge in [-0.25, -0.2) is 13.2 Å². The molecule has 0 unspecified atom stereocenters. The largest absolute Gasteiger partial charge is 0.322 e. The zero-order chi connectivity index (χ0) is 17.9. The summed E-state index contributed by atoms with van der Waals surface area (Å²) < 4.78 is 26.8. The van der Waals surface area contributed by atoms with Crippen LogP contribution in [0.15, 0.2) is 53.7 Å². The van der Waals surface area contributed by atoms with Crippen molar-refractivity contribution >= 4 is 21.7 Å². The maximum atomic E-state index is 12.7. The number of carbonyl (C=O) groups is 1. The van der Waals surface area contributed by atoms with Crippen molar-refractivity contribution in [2.45, 2.75) is 11.8 Å². The maximum Gasteiger partial charge on any atom is 0.321 e. The summed E-state index contributed by atoms with van der Waals surface area (Å²) in [6.07, 6.45) is 3.20. The molecule has 0 bridgehead atoms. The normalized spacial score (nSPS) is 15.8. The van der Waals surface area contributed by atoms with Crippen LogP contribution in [0.1, 0.15) is 5.56 Å². The van der Waals surface area contributed by atoms with Gasteiger partial charge in [0, 0.05) is 44.3 Å². The van der Waals surface area contributed by atoms with E-state index in [1.165, 1.54) is 4.31 Å². The van der Waals surface area contributed by atoms with Gasteiger partial charge in [-0.3, -0.25) is 4.98 Å². The topological polar surface area (TPSA) is 82.6 Å². The van der Waals surface area contributed by atoms with Gasteiger partial charge in [0.25, 0.3) is 0 Å². The molecule has 1 aromatic heterocycles. The molecule has 8 heteroatoms. The summed E-state index contributed by atoms with van der Waals surface area (Å²) in [4.78, 5) is 18.1. The first kappa shape index (κ1) is 17.4. The lowest BCUT2D eigenvalue weighted by Gasteiger charge is -2.34. The van der Waals surface area contributed by atoms with Crippen LogP contribution in [0.2, 0.25) is 0 Å². The number of hydrogen-bond acceptors (Lipinski definition) is 4. The van der Waals surface area contributed by atoms with Crippen LogP contribution in [0.4, 0.5) is 10.5 Å². The number of hydrogen-bond donors (Lipinski definition) is 1. The first-order valence-electron chi connectivity index (χ1n) is 7.99. The van der Waals surface area contributed by atoms with Crippen LogP contribution in [0, 0.1) is 6.92 Å². The first-order chi connectivity index (χ1) is 12.0. The van der Waals surface area contributed by atoms with Crippen molar-refractivity contribution in [2.24, 2.45) is 0 Å². The van der Waals surface area contributed by atoms with Gasteiger partial charge in [-0.15, -0.1) is 0 Å². The van der Waals surface area contributed by atoms with Crippen molar-refractivity contribution in [2.75, 3.05) is 31.5 Å². The van der Waals surface area contributed by atoms with E-state index in [2.05, 4.69) is 10.3 Å². The number of amides is 2. The molecule has 0 radical (unpaired) electrons. The van der Waals surface area contributed by atoms with Crippen molar-refractivity contribution in [1.82, 2.24) is 14.2 Å². The molecule has 132 valence electrons. The highest BCUT2D eigenvalue weighted by Gasteiger charge is 2.30. The Labute approximate surface area is 147 Å². The van der Waals surface area contributed by atoms with E-state index in [4.69, 9.17) is 0 Å². The molecular weight excluding hydrogens is 340 g/mol. The van der Waals surface area contributed by atoms with Gasteiger partial charge in [0.05, 0.1) is 4.90 Å². The molecule has 1 saturated heterocycles. The van der Waals surface area contributed by atoms with E-state index < -0.39 is 10.0 Å². The Morgan fingerprint density at radius 3 is 2.20 bits per heavy atom. The average Bonchev–Trinajstić information content (AvgIpc) is 2.63. The molecule has 2 aromatic rings. The number of pyridine rings is 1. The SMILES string of the molecule is Cc1ccc(S(=O)(=O)N2CCN(C(=O)Nc3ccncc3)CC2)cc1. The Bertz CT molecular complexity index is 830. The molecule has 1 aromatic carbocycles. The number of anilines is 1. The number of benzene rings is 1. The molecule has 0 saturated carbocycles. The average molecular weight is 360 g/mol. The Morgan fingerprint density at radius 1 is 1.00 bits per heavy atom.